The van der Waals surface area contributed by atoms with Crippen molar-refractivity contribution in [2.75, 3.05) is 19.8 Å². The summed E-state index contributed by atoms with van der Waals surface area (Å²) >= 11 is 3.36. The highest BCUT2D eigenvalue weighted by atomic mass is 79.9. The number of hydrogen-bond acceptors (Lipinski definition) is 10. The van der Waals surface area contributed by atoms with Crippen LogP contribution in [0.15, 0.2) is 33.9 Å². The zero-order chi connectivity index (χ0) is 23.8. The van der Waals surface area contributed by atoms with Gasteiger partial charge in [-0.1, -0.05) is 0 Å². The number of ether oxygens (including phenoxy) is 3. The van der Waals surface area contributed by atoms with Crippen LogP contribution in [0.1, 0.15) is 6.23 Å². The van der Waals surface area contributed by atoms with E-state index in [9.17, 15) is 14.8 Å². The van der Waals surface area contributed by atoms with Crippen LogP contribution in [0.3, 0.4) is 0 Å². The standard InChI is InChI=1S/C20H17BrN5O8P/c21-19-23-13-16(26(19)18-14(27)15-12(33-18)7-32-35(29)34-15)24-20-22-9(6-25(20)17(13)28)8-1-2-10-11(5-8)31-4-3-30-10/h1-2,5-6,12,14-15,18,27,29H,3-4,7H2,(H,22,24). The van der Waals surface area contributed by atoms with Crippen LogP contribution in [0.25, 0.3) is 28.2 Å². The van der Waals surface area contributed by atoms with E-state index in [2.05, 4.69) is 30.9 Å². The number of aromatic nitrogens is 5. The third-order valence-electron chi connectivity index (χ3n) is 6.19. The molecule has 0 radical (unpaired) electrons. The molecule has 0 saturated carbocycles. The summed E-state index contributed by atoms with van der Waals surface area (Å²) in [7, 11) is -2.09. The topological polar surface area (TPSA) is 155 Å². The van der Waals surface area contributed by atoms with E-state index in [1.54, 1.807) is 6.20 Å². The zero-order valence-electron chi connectivity index (χ0n) is 17.7. The molecule has 15 heteroatoms. The van der Waals surface area contributed by atoms with Gasteiger partial charge in [-0.05, 0) is 34.1 Å². The Morgan fingerprint density at radius 1 is 1.20 bits per heavy atom. The van der Waals surface area contributed by atoms with E-state index in [4.69, 9.17) is 23.3 Å². The third-order valence-corrected chi connectivity index (χ3v) is 7.54. The van der Waals surface area contributed by atoms with Crippen LogP contribution < -0.4 is 15.0 Å². The molecule has 7 rings (SSSR count). The van der Waals surface area contributed by atoms with Crippen LogP contribution in [0.5, 0.6) is 11.5 Å². The lowest BCUT2D eigenvalue weighted by molar-refractivity contribution is -0.0594. The lowest BCUT2D eigenvalue weighted by Gasteiger charge is -2.27. The van der Waals surface area contributed by atoms with E-state index in [0.717, 1.165) is 5.56 Å². The molecule has 13 nitrogen and oxygen atoms in total. The number of nitrogens with one attached hydrogen (secondary N) is 1. The molecule has 4 aromatic rings. The fourth-order valence-electron chi connectivity index (χ4n) is 4.55. The van der Waals surface area contributed by atoms with E-state index in [1.807, 2.05) is 18.2 Å². The molecule has 6 heterocycles. The number of H-pyrrole nitrogens is 1. The minimum absolute atomic E-state index is 0.0700. The second kappa shape index (κ2) is 7.96. The SMILES string of the molecule is O=c1c2nc(Br)n(C3OC4COP(O)OC4C3O)c2nc2[nH]c(-c3ccc4c(c3)OCCO4)cn12. The molecule has 0 amide bonds. The Balaban J connectivity index is 1.32. The highest BCUT2D eigenvalue weighted by molar-refractivity contribution is 9.10. The number of rotatable bonds is 2. The largest absolute Gasteiger partial charge is 0.486 e. The number of fused-ring (bicyclic) bond motifs is 4. The lowest BCUT2D eigenvalue weighted by atomic mass is 10.1. The molecule has 1 aromatic carbocycles. The fourth-order valence-corrected chi connectivity index (χ4v) is 5.91. The van der Waals surface area contributed by atoms with Gasteiger partial charge in [0.2, 0.25) is 5.78 Å². The molecular formula is C20H17BrN5O8P. The van der Waals surface area contributed by atoms with Crippen molar-refractivity contribution < 1.29 is 33.3 Å². The molecule has 5 unspecified atom stereocenters. The van der Waals surface area contributed by atoms with Gasteiger partial charge in [0.25, 0.3) is 5.56 Å². The molecule has 0 aliphatic carbocycles. The van der Waals surface area contributed by atoms with Gasteiger partial charge in [0.15, 0.2) is 33.6 Å². The monoisotopic (exact) mass is 565 g/mol. The van der Waals surface area contributed by atoms with Crippen LogP contribution >= 0.6 is 24.5 Å². The first-order valence-electron chi connectivity index (χ1n) is 10.7. The van der Waals surface area contributed by atoms with Crippen LogP contribution in [-0.4, -0.2) is 72.1 Å². The van der Waals surface area contributed by atoms with Crippen molar-refractivity contribution in [1.82, 2.24) is 23.9 Å². The van der Waals surface area contributed by atoms with Gasteiger partial charge in [0.05, 0.1) is 12.3 Å². The smallest absolute Gasteiger partial charge is 0.330 e. The minimum atomic E-state index is -2.09. The highest BCUT2D eigenvalue weighted by Crippen LogP contribution is 2.47. The Morgan fingerprint density at radius 2 is 2.03 bits per heavy atom. The zero-order valence-corrected chi connectivity index (χ0v) is 20.2. The van der Waals surface area contributed by atoms with Crippen LogP contribution in [-0.2, 0) is 13.8 Å². The van der Waals surface area contributed by atoms with Crippen molar-refractivity contribution >= 4 is 41.5 Å². The molecule has 0 spiro atoms. The van der Waals surface area contributed by atoms with Gasteiger partial charge in [0.1, 0.15) is 31.5 Å². The number of halogens is 1. The number of nitrogens with zero attached hydrogens (tertiary/aromatic N) is 4. The van der Waals surface area contributed by atoms with Gasteiger partial charge in [-0.2, -0.15) is 4.98 Å². The number of aliphatic hydroxyl groups is 1. The summed E-state index contributed by atoms with van der Waals surface area (Å²) in [5, 5.41) is 10.9. The summed E-state index contributed by atoms with van der Waals surface area (Å²) in [6.45, 7) is 1.03. The maximum atomic E-state index is 13.3. The molecule has 3 N–H and O–H groups in total. The van der Waals surface area contributed by atoms with Crippen molar-refractivity contribution in [2.24, 2.45) is 0 Å². The Morgan fingerprint density at radius 3 is 2.89 bits per heavy atom. The third kappa shape index (κ3) is 3.33. The van der Waals surface area contributed by atoms with Gasteiger partial charge in [0, 0.05) is 11.8 Å². The summed E-state index contributed by atoms with van der Waals surface area (Å²) in [4.78, 5) is 35.1. The van der Waals surface area contributed by atoms with Gasteiger partial charge >= 0.3 is 8.60 Å². The maximum absolute atomic E-state index is 13.3. The summed E-state index contributed by atoms with van der Waals surface area (Å²) in [6, 6.07) is 5.51. The summed E-state index contributed by atoms with van der Waals surface area (Å²) < 4.78 is 30.8. The van der Waals surface area contributed by atoms with E-state index >= 15 is 0 Å². The van der Waals surface area contributed by atoms with E-state index in [-0.39, 0.29) is 28.3 Å². The first-order valence-corrected chi connectivity index (χ1v) is 12.6. The summed E-state index contributed by atoms with van der Waals surface area (Å²) in [5.74, 6) is 1.57. The molecule has 3 aromatic heterocycles. The summed E-state index contributed by atoms with van der Waals surface area (Å²) in [6.07, 6.45) is -1.84. The number of aliphatic hydroxyl groups excluding tert-OH is 1. The normalized spacial score (nSPS) is 28.0. The van der Waals surface area contributed by atoms with Crippen molar-refractivity contribution in [3.05, 3.63) is 39.5 Å². The molecule has 0 bridgehead atoms. The average molecular weight is 566 g/mol. The first-order chi connectivity index (χ1) is 17.0. The van der Waals surface area contributed by atoms with Crippen molar-refractivity contribution in [3.8, 4) is 22.8 Å². The molecule has 182 valence electrons. The first kappa shape index (κ1) is 21.7. The quantitative estimate of drug-likeness (QED) is 0.240. The van der Waals surface area contributed by atoms with Crippen molar-refractivity contribution in [3.63, 3.8) is 0 Å². The molecule has 3 aliphatic rings. The molecule has 2 fully saturated rings. The molecule has 2 saturated heterocycles. The van der Waals surface area contributed by atoms with Crippen LogP contribution in [0.4, 0.5) is 0 Å². The van der Waals surface area contributed by atoms with Gasteiger partial charge in [-0.25, -0.2) is 9.38 Å². The number of imidazole rings is 2. The highest BCUT2D eigenvalue weighted by Gasteiger charge is 2.50. The molecular weight excluding hydrogens is 549 g/mol. The average Bonchev–Trinajstić information content (AvgIpc) is 3.53. The minimum Gasteiger partial charge on any atom is -0.486 e. The number of hydrogen-bond donors (Lipinski definition) is 3. The molecule has 3 aliphatic heterocycles. The Bertz CT molecular complexity index is 1540. The maximum Gasteiger partial charge on any atom is 0.330 e. The molecule has 5 atom stereocenters. The Labute approximate surface area is 205 Å². The second-order valence-corrected chi connectivity index (χ2v) is 9.87. The van der Waals surface area contributed by atoms with Crippen LogP contribution in [0.2, 0.25) is 0 Å². The van der Waals surface area contributed by atoms with Gasteiger partial charge in [-0.15, -0.1) is 0 Å². The van der Waals surface area contributed by atoms with Crippen molar-refractivity contribution in [1.29, 1.82) is 0 Å². The molecule has 35 heavy (non-hydrogen) atoms. The van der Waals surface area contributed by atoms with Gasteiger partial charge in [-0.3, -0.25) is 9.36 Å². The van der Waals surface area contributed by atoms with Crippen LogP contribution in [0, 0.1) is 0 Å². The number of benzene rings is 1. The second-order valence-electron chi connectivity index (χ2n) is 8.22. The summed E-state index contributed by atoms with van der Waals surface area (Å²) in [5.41, 5.74) is 1.35. The van der Waals surface area contributed by atoms with Gasteiger partial charge < -0.3 is 38.2 Å². The van der Waals surface area contributed by atoms with Crippen molar-refractivity contribution in [2.45, 2.75) is 24.5 Å². The van der Waals surface area contributed by atoms with E-state index in [0.29, 0.717) is 30.4 Å². The number of aromatic amines is 1. The Hall–Kier alpha value is -2.58. The Kier molecular flexibility index (Phi) is 4.93. The predicted molar refractivity (Wildman–Crippen MR) is 123 cm³/mol. The fraction of sp³-hybridized carbons (Fsp3) is 0.350. The van der Waals surface area contributed by atoms with E-state index < -0.39 is 38.7 Å². The lowest BCUT2D eigenvalue weighted by Crippen LogP contribution is -2.38. The predicted octanol–water partition coefficient (Wildman–Crippen LogP) is 1.47. The van der Waals surface area contributed by atoms with E-state index in [1.165, 1.54) is 8.97 Å².